The molecule has 0 saturated heterocycles. The molecule has 2 N–H and O–H groups in total. The minimum absolute atomic E-state index is 0.0133. The van der Waals surface area contributed by atoms with Gasteiger partial charge in [0, 0.05) is 30.7 Å². The van der Waals surface area contributed by atoms with Gasteiger partial charge in [-0.25, -0.2) is 0 Å². The second kappa shape index (κ2) is 6.97. The van der Waals surface area contributed by atoms with E-state index < -0.39 is 0 Å². The highest BCUT2D eigenvalue weighted by atomic mass is 16.3. The van der Waals surface area contributed by atoms with Gasteiger partial charge in [0.15, 0.2) is 0 Å². The molecule has 0 amide bonds. The van der Waals surface area contributed by atoms with Crippen molar-refractivity contribution in [1.29, 1.82) is 0 Å². The van der Waals surface area contributed by atoms with Gasteiger partial charge in [-0.15, -0.1) is 0 Å². The van der Waals surface area contributed by atoms with Crippen LogP contribution in [-0.4, -0.2) is 27.7 Å². The van der Waals surface area contributed by atoms with Crippen LogP contribution in [-0.2, 0) is 6.42 Å². The Morgan fingerprint density at radius 3 is 2.63 bits per heavy atom. The highest BCUT2D eigenvalue weighted by Gasteiger charge is 2.14. The number of nitrogens with zero attached hydrogens (tertiary/aromatic N) is 2. The van der Waals surface area contributed by atoms with Gasteiger partial charge in [0.05, 0.1) is 12.3 Å². The Bertz CT molecular complexity index is 475. The quantitative estimate of drug-likeness (QED) is 0.827. The molecular weight excluding hydrogens is 238 g/mol. The molecule has 0 fully saturated rings. The number of aliphatic hydroxyl groups excluding tert-OH is 1. The van der Waals surface area contributed by atoms with Crippen LogP contribution in [0.4, 0.5) is 0 Å². The summed E-state index contributed by atoms with van der Waals surface area (Å²) >= 11 is 0. The van der Waals surface area contributed by atoms with Crippen molar-refractivity contribution in [2.24, 2.45) is 0 Å². The van der Waals surface area contributed by atoms with Gasteiger partial charge in [0.2, 0.25) is 0 Å². The summed E-state index contributed by atoms with van der Waals surface area (Å²) in [6.07, 6.45) is 5.87. The van der Waals surface area contributed by atoms with E-state index in [1.807, 2.05) is 25.1 Å². The third kappa shape index (κ3) is 4.12. The van der Waals surface area contributed by atoms with Crippen LogP contribution in [0.15, 0.2) is 48.9 Å². The van der Waals surface area contributed by atoms with E-state index in [1.165, 1.54) is 5.56 Å². The topological polar surface area (TPSA) is 58.0 Å². The Kier molecular flexibility index (Phi) is 5.01. The minimum Gasteiger partial charge on any atom is -0.395 e. The van der Waals surface area contributed by atoms with Gasteiger partial charge in [-0.05, 0) is 18.9 Å². The zero-order valence-corrected chi connectivity index (χ0v) is 11.0. The molecule has 1 heterocycles. The van der Waals surface area contributed by atoms with E-state index in [2.05, 4.69) is 27.4 Å². The van der Waals surface area contributed by atoms with E-state index in [0.29, 0.717) is 0 Å². The van der Waals surface area contributed by atoms with Crippen LogP contribution < -0.4 is 5.32 Å². The molecule has 19 heavy (non-hydrogen) atoms. The van der Waals surface area contributed by atoms with Gasteiger partial charge in [0.1, 0.15) is 0 Å². The summed E-state index contributed by atoms with van der Waals surface area (Å²) in [6.45, 7) is 2.12. The number of aromatic nitrogens is 2. The average molecular weight is 257 g/mol. The summed E-state index contributed by atoms with van der Waals surface area (Å²) < 4.78 is 0. The number of aliphatic hydroxyl groups is 1. The van der Waals surface area contributed by atoms with Crippen LogP contribution >= 0.6 is 0 Å². The number of rotatable bonds is 6. The zero-order valence-electron chi connectivity index (χ0n) is 11.0. The predicted molar refractivity (Wildman–Crippen MR) is 74.6 cm³/mol. The van der Waals surface area contributed by atoms with Crippen molar-refractivity contribution in [3.63, 3.8) is 0 Å². The van der Waals surface area contributed by atoms with Crippen LogP contribution in [0.5, 0.6) is 0 Å². The Balaban J connectivity index is 1.96. The number of hydrogen-bond donors (Lipinski definition) is 2. The van der Waals surface area contributed by atoms with Crippen molar-refractivity contribution in [2.45, 2.75) is 25.4 Å². The third-order valence-electron chi connectivity index (χ3n) is 3.06. The van der Waals surface area contributed by atoms with Crippen molar-refractivity contribution >= 4 is 0 Å². The first-order valence-corrected chi connectivity index (χ1v) is 6.46. The van der Waals surface area contributed by atoms with Crippen LogP contribution in [0.1, 0.15) is 24.2 Å². The van der Waals surface area contributed by atoms with E-state index in [0.717, 1.165) is 12.1 Å². The van der Waals surface area contributed by atoms with Crippen molar-refractivity contribution in [2.75, 3.05) is 6.61 Å². The fourth-order valence-corrected chi connectivity index (χ4v) is 2.05. The van der Waals surface area contributed by atoms with Gasteiger partial charge < -0.3 is 10.4 Å². The Hall–Kier alpha value is -1.78. The van der Waals surface area contributed by atoms with E-state index in [1.54, 1.807) is 18.6 Å². The van der Waals surface area contributed by atoms with Crippen molar-refractivity contribution in [3.8, 4) is 0 Å². The molecule has 0 spiro atoms. The molecule has 0 aliphatic heterocycles. The summed E-state index contributed by atoms with van der Waals surface area (Å²) in [5, 5.41) is 12.9. The molecule has 2 aromatic rings. The zero-order chi connectivity index (χ0) is 13.5. The fraction of sp³-hybridized carbons (Fsp3) is 0.333. The smallest absolute Gasteiger partial charge is 0.0753 e. The molecule has 4 heteroatoms. The molecule has 2 atom stereocenters. The summed E-state index contributed by atoms with van der Waals surface area (Å²) in [5.41, 5.74) is 2.09. The van der Waals surface area contributed by atoms with E-state index in [-0.39, 0.29) is 18.7 Å². The van der Waals surface area contributed by atoms with Gasteiger partial charge in [-0.2, -0.15) is 0 Å². The lowest BCUT2D eigenvalue weighted by atomic mass is 10.1. The lowest BCUT2D eigenvalue weighted by Crippen LogP contribution is -2.36. The maximum atomic E-state index is 9.48. The number of nitrogens with one attached hydrogen (secondary N) is 1. The first-order chi connectivity index (χ1) is 9.29. The molecule has 0 aliphatic carbocycles. The van der Waals surface area contributed by atoms with Crippen molar-refractivity contribution < 1.29 is 5.11 Å². The standard InChI is InChI=1S/C15H19N3O/c1-12(15-10-16-7-8-17-15)18-14(11-19)9-13-5-3-2-4-6-13/h2-8,10,12,14,18-19H,9,11H2,1H3/t12?,14-/m1/s1. The minimum atomic E-state index is 0.0133. The first-order valence-electron chi connectivity index (χ1n) is 6.46. The lowest BCUT2D eigenvalue weighted by Gasteiger charge is -2.21. The van der Waals surface area contributed by atoms with Gasteiger partial charge >= 0.3 is 0 Å². The molecule has 0 radical (unpaired) electrons. The normalized spacial score (nSPS) is 14.0. The SMILES string of the molecule is CC(N[C@@H](CO)Cc1ccccc1)c1cnccn1. The lowest BCUT2D eigenvalue weighted by molar-refractivity contribution is 0.232. The molecule has 4 nitrogen and oxygen atoms in total. The summed E-state index contributed by atoms with van der Waals surface area (Å²) in [4.78, 5) is 8.32. The average Bonchev–Trinajstić information content (AvgIpc) is 2.48. The van der Waals surface area contributed by atoms with Crippen LogP contribution in [0.2, 0.25) is 0 Å². The van der Waals surface area contributed by atoms with E-state index >= 15 is 0 Å². The summed E-state index contributed by atoms with van der Waals surface area (Å²) in [5.74, 6) is 0. The maximum Gasteiger partial charge on any atom is 0.0753 e. The molecule has 2 rings (SSSR count). The van der Waals surface area contributed by atoms with Crippen LogP contribution in [0, 0.1) is 0 Å². The first kappa shape index (κ1) is 13.6. The fourth-order valence-electron chi connectivity index (χ4n) is 2.05. The third-order valence-corrected chi connectivity index (χ3v) is 3.06. The Morgan fingerprint density at radius 1 is 1.21 bits per heavy atom. The molecule has 0 aliphatic rings. The van der Waals surface area contributed by atoms with Crippen LogP contribution in [0.3, 0.4) is 0 Å². The Morgan fingerprint density at radius 2 is 2.00 bits per heavy atom. The molecule has 1 unspecified atom stereocenters. The maximum absolute atomic E-state index is 9.48. The van der Waals surface area contributed by atoms with Crippen molar-refractivity contribution in [1.82, 2.24) is 15.3 Å². The second-order valence-corrected chi connectivity index (χ2v) is 4.59. The molecule has 100 valence electrons. The monoisotopic (exact) mass is 257 g/mol. The Labute approximate surface area is 113 Å². The second-order valence-electron chi connectivity index (χ2n) is 4.59. The molecular formula is C15H19N3O. The molecule has 1 aromatic carbocycles. The van der Waals surface area contributed by atoms with Gasteiger partial charge in [-0.1, -0.05) is 30.3 Å². The van der Waals surface area contributed by atoms with Gasteiger partial charge in [-0.3, -0.25) is 9.97 Å². The predicted octanol–water partition coefficient (Wildman–Crippen LogP) is 1.73. The highest BCUT2D eigenvalue weighted by molar-refractivity contribution is 5.16. The van der Waals surface area contributed by atoms with Crippen molar-refractivity contribution in [3.05, 3.63) is 60.2 Å². The number of benzene rings is 1. The van der Waals surface area contributed by atoms with E-state index in [9.17, 15) is 5.11 Å². The largest absolute Gasteiger partial charge is 0.395 e. The molecule has 0 saturated carbocycles. The van der Waals surface area contributed by atoms with Gasteiger partial charge in [0.25, 0.3) is 0 Å². The number of hydrogen-bond acceptors (Lipinski definition) is 4. The van der Waals surface area contributed by atoms with Crippen LogP contribution in [0.25, 0.3) is 0 Å². The summed E-state index contributed by atoms with van der Waals surface area (Å²) in [7, 11) is 0. The highest BCUT2D eigenvalue weighted by Crippen LogP contribution is 2.10. The van der Waals surface area contributed by atoms with E-state index in [4.69, 9.17) is 0 Å². The molecule has 0 bridgehead atoms. The molecule has 1 aromatic heterocycles. The summed E-state index contributed by atoms with van der Waals surface area (Å²) in [6, 6.07) is 10.2.